The number of carbonyl (C=O) groups excluding carboxylic acids is 1. The van der Waals surface area contributed by atoms with E-state index in [0.29, 0.717) is 6.54 Å². The van der Waals surface area contributed by atoms with Crippen LogP contribution in [0.25, 0.3) is 11.1 Å². The Kier molecular flexibility index (Phi) is 6.00. The van der Waals surface area contributed by atoms with Crippen LogP contribution >= 0.6 is 11.8 Å². The molecule has 2 heterocycles. The van der Waals surface area contributed by atoms with E-state index in [1.54, 1.807) is 11.8 Å². The fourth-order valence-corrected chi connectivity index (χ4v) is 4.66. The molecule has 3 aromatic rings. The van der Waals surface area contributed by atoms with Crippen LogP contribution in [0.4, 0.5) is 0 Å². The van der Waals surface area contributed by atoms with Crippen LogP contribution < -0.4 is 0 Å². The van der Waals surface area contributed by atoms with Crippen LogP contribution in [-0.2, 0) is 7.05 Å². The normalized spacial score (nSPS) is 16.8. The number of aromatic nitrogens is 3. The molecule has 150 valence electrons. The lowest BCUT2D eigenvalue weighted by Crippen LogP contribution is -2.40. The van der Waals surface area contributed by atoms with Gasteiger partial charge in [-0.25, -0.2) is 0 Å². The average Bonchev–Trinajstić information content (AvgIpc) is 3.14. The van der Waals surface area contributed by atoms with Gasteiger partial charge in [-0.2, -0.15) is 0 Å². The number of nitrogens with zero attached hydrogens (tertiary/aromatic N) is 4. The molecule has 6 heteroatoms. The average molecular weight is 407 g/mol. The molecule has 5 nitrogen and oxygen atoms in total. The Balaban J connectivity index is 1.58. The number of piperidine rings is 1. The van der Waals surface area contributed by atoms with E-state index in [1.807, 2.05) is 54.4 Å². The monoisotopic (exact) mass is 406 g/mol. The molecule has 1 saturated heterocycles. The van der Waals surface area contributed by atoms with Gasteiger partial charge in [0.15, 0.2) is 5.16 Å². The summed E-state index contributed by atoms with van der Waals surface area (Å²) in [4.78, 5) is 15.4. The first-order chi connectivity index (χ1) is 14.2. The number of benzene rings is 2. The van der Waals surface area contributed by atoms with Crippen LogP contribution in [0.5, 0.6) is 0 Å². The number of hydrogen-bond acceptors (Lipinski definition) is 4. The first kappa shape index (κ1) is 19.7. The Morgan fingerprint density at radius 1 is 1.10 bits per heavy atom. The summed E-state index contributed by atoms with van der Waals surface area (Å²) in [5, 5.41) is 9.72. The summed E-state index contributed by atoms with van der Waals surface area (Å²) in [6.45, 7) is 3.59. The van der Waals surface area contributed by atoms with E-state index in [0.717, 1.165) is 52.8 Å². The summed E-state index contributed by atoms with van der Waals surface area (Å²) < 4.78 is 2.09. The molecule has 1 aliphatic rings. The molecule has 1 fully saturated rings. The number of hydrogen-bond donors (Lipinski definition) is 0. The Bertz CT molecular complexity index is 986. The molecule has 0 radical (unpaired) electrons. The highest BCUT2D eigenvalue weighted by molar-refractivity contribution is 7.99. The molecule has 4 rings (SSSR count). The lowest BCUT2D eigenvalue weighted by Gasteiger charge is -2.32. The second-order valence-corrected chi connectivity index (χ2v) is 8.57. The zero-order valence-electron chi connectivity index (χ0n) is 16.9. The van der Waals surface area contributed by atoms with Crippen LogP contribution in [0, 0.1) is 0 Å². The van der Waals surface area contributed by atoms with E-state index >= 15 is 0 Å². The third-order valence-corrected chi connectivity index (χ3v) is 6.36. The first-order valence-electron chi connectivity index (χ1n) is 10.1. The molecule has 0 N–H and O–H groups in total. The minimum Gasteiger partial charge on any atom is -0.338 e. The number of carbonyl (C=O) groups is 1. The molecule has 1 amide bonds. The van der Waals surface area contributed by atoms with Crippen LogP contribution in [0.1, 0.15) is 41.9 Å². The van der Waals surface area contributed by atoms with Crippen LogP contribution in [0.2, 0.25) is 0 Å². The Labute approximate surface area is 176 Å². The fraction of sp³-hybridized carbons (Fsp3) is 0.348. The smallest absolute Gasteiger partial charge is 0.254 e. The van der Waals surface area contributed by atoms with Crippen molar-refractivity contribution in [3.63, 3.8) is 0 Å². The summed E-state index contributed by atoms with van der Waals surface area (Å²) in [5.41, 5.74) is 2.82. The molecule has 0 spiro atoms. The van der Waals surface area contributed by atoms with Gasteiger partial charge in [0, 0.05) is 31.6 Å². The highest BCUT2D eigenvalue weighted by Crippen LogP contribution is 2.30. The molecule has 0 aliphatic carbocycles. The van der Waals surface area contributed by atoms with Gasteiger partial charge < -0.3 is 9.47 Å². The first-order valence-corrected chi connectivity index (χ1v) is 11.1. The highest BCUT2D eigenvalue weighted by Gasteiger charge is 2.29. The second kappa shape index (κ2) is 8.82. The topological polar surface area (TPSA) is 51.0 Å². The molecular formula is C23H26N4OS. The molecule has 29 heavy (non-hydrogen) atoms. The number of likely N-dealkylation sites (tertiary alicyclic amines) is 1. The van der Waals surface area contributed by atoms with Gasteiger partial charge in [0.25, 0.3) is 5.91 Å². The van der Waals surface area contributed by atoms with Crippen molar-refractivity contribution in [1.82, 2.24) is 19.7 Å². The molecule has 2 aromatic carbocycles. The zero-order chi connectivity index (χ0) is 20.2. The minimum atomic E-state index is 0.0967. The van der Waals surface area contributed by atoms with Gasteiger partial charge >= 0.3 is 0 Å². The van der Waals surface area contributed by atoms with Crippen molar-refractivity contribution in [3.8, 4) is 11.1 Å². The summed E-state index contributed by atoms with van der Waals surface area (Å²) in [6.07, 6.45) is 2.01. The van der Waals surface area contributed by atoms with Crippen molar-refractivity contribution >= 4 is 17.7 Å². The fourth-order valence-electron chi connectivity index (χ4n) is 4.02. The van der Waals surface area contributed by atoms with E-state index in [1.165, 1.54) is 0 Å². The maximum atomic E-state index is 13.4. The van der Waals surface area contributed by atoms with E-state index in [-0.39, 0.29) is 11.8 Å². The standard InChI is InChI=1S/C23H26N4OS/c1-3-29-23-25-24-21(26(23)2)18-12-9-15-27(16-18)22(28)20-14-8-7-13-19(20)17-10-5-4-6-11-17/h4-8,10-11,13-14,18H,3,9,12,15-16H2,1-2H3/t18-/m0/s1. The maximum absolute atomic E-state index is 13.4. The van der Waals surface area contributed by atoms with E-state index < -0.39 is 0 Å². The Morgan fingerprint density at radius 3 is 2.66 bits per heavy atom. The zero-order valence-corrected chi connectivity index (χ0v) is 17.7. The summed E-state index contributed by atoms with van der Waals surface area (Å²) in [7, 11) is 2.03. The Hall–Kier alpha value is -2.60. The number of rotatable bonds is 5. The van der Waals surface area contributed by atoms with Crippen molar-refractivity contribution in [1.29, 1.82) is 0 Å². The van der Waals surface area contributed by atoms with Crippen molar-refractivity contribution in [3.05, 3.63) is 66.0 Å². The van der Waals surface area contributed by atoms with Gasteiger partial charge in [0.05, 0.1) is 0 Å². The van der Waals surface area contributed by atoms with Crippen LogP contribution in [0.3, 0.4) is 0 Å². The van der Waals surface area contributed by atoms with Gasteiger partial charge in [-0.3, -0.25) is 4.79 Å². The van der Waals surface area contributed by atoms with Crippen molar-refractivity contribution in [2.45, 2.75) is 30.8 Å². The number of thioether (sulfide) groups is 1. The van der Waals surface area contributed by atoms with Gasteiger partial charge in [0.2, 0.25) is 0 Å². The quantitative estimate of drug-likeness (QED) is 0.581. The summed E-state index contributed by atoms with van der Waals surface area (Å²) >= 11 is 1.70. The van der Waals surface area contributed by atoms with Gasteiger partial charge in [-0.05, 0) is 35.8 Å². The summed E-state index contributed by atoms with van der Waals surface area (Å²) in [5.74, 6) is 2.27. The van der Waals surface area contributed by atoms with Crippen LogP contribution in [-0.4, -0.2) is 44.4 Å². The second-order valence-electron chi connectivity index (χ2n) is 7.33. The maximum Gasteiger partial charge on any atom is 0.254 e. The van der Waals surface area contributed by atoms with Gasteiger partial charge in [-0.15, -0.1) is 10.2 Å². The molecular weight excluding hydrogens is 380 g/mol. The van der Waals surface area contributed by atoms with Crippen molar-refractivity contribution < 1.29 is 4.79 Å². The predicted octanol–water partition coefficient (Wildman–Crippen LogP) is 4.61. The van der Waals surface area contributed by atoms with Crippen molar-refractivity contribution in [2.75, 3.05) is 18.8 Å². The molecule has 1 aliphatic heterocycles. The van der Waals surface area contributed by atoms with E-state index in [9.17, 15) is 4.79 Å². The van der Waals surface area contributed by atoms with Gasteiger partial charge in [0.1, 0.15) is 5.82 Å². The lowest BCUT2D eigenvalue weighted by molar-refractivity contribution is 0.0704. The van der Waals surface area contributed by atoms with Crippen molar-refractivity contribution in [2.24, 2.45) is 7.05 Å². The molecule has 1 aromatic heterocycles. The molecule has 1 atom stereocenters. The number of amides is 1. The van der Waals surface area contributed by atoms with E-state index in [2.05, 4.69) is 33.8 Å². The lowest BCUT2D eigenvalue weighted by atomic mass is 9.94. The SMILES string of the molecule is CCSc1nnc([C@H]2CCCN(C(=O)c3ccccc3-c3ccccc3)C2)n1C. The van der Waals surface area contributed by atoms with Gasteiger partial charge in [-0.1, -0.05) is 67.2 Å². The van der Waals surface area contributed by atoms with Crippen LogP contribution in [0.15, 0.2) is 59.8 Å². The largest absolute Gasteiger partial charge is 0.338 e. The van der Waals surface area contributed by atoms with E-state index in [4.69, 9.17) is 0 Å². The third kappa shape index (κ3) is 4.08. The minimum absolute atomic E-state index is 0.0967. The predicted molar refractivity (Wildman–Crippen MR) is 117 cm³/mol. The third-order valence-electron chi connectivity index (χ3n) is 5.46. The Morgan fingerprint density at radius 2 is 1.86 bits per heavy atom. The molecule has 0 unspecified atom stereocenters. The summed E-state index contributed by atoms with van der Waals surface area (Å²) in [6, 6.07) is 18.0. The highest BCUT2D eigenvalue weighted by atomic mass is 32.2. The molecule has 0 saturated carbocycles. The molecule has 0 bridgehead atoms.